The smallest absolute Gasteiger partial charge is 0.262 e. The molecule has 0 atom stereocenters. The SMILES string of the molecule is Cn1nc(-c2ccccc2F)cc1-c1ccc(NC(=O)c2c(F)cccc2F)nc1. The molecule has 0 aliphatic carbocycles. The average molecular weight is 408 g/mol. The van der Waals surface area contributed by atoms with Crippen LogP contribution in [0.25, 0.3) is 22.5 Å². The fraction of sp³-hybridized carbons (Fsp3) is 0.0455. The van der Waals surface area contributed by atoms with Crippen LogP contribution in [0.1, 0.15) is 10.4 Å². The lowest BCUT2D eigenvalue weighted by molar-refractivity contribution is 0.101. The van der Waals surface area contributed by atoms with Crippen molar-refractivity contribution in [1.29, 1.82) is 0 Å². The Morgan fingerprint density at radius 3 is 2.30 bits per heavy atom. The Morgan fingerprint density at radius 2 is 1.63 bits per heavy atom. The number of anilines is 1. The van der Waals surface area contributed by atoms with Gasteiger partial charge in [-0.3, -0.25) is 9.48 Å². The van der Waals surface area contributed by atoms with E-state index in [2.05, 4.69) is 15.4 Å². The Labute approximate surface area is 169 Å². The van der Waals surface area contributed by atoms with Crippen LogP contribution in [0.3, 0.4) is 0 Å². The number of carbonyl (C=O) groups excluding carboxylic acids is 1. The van der Waals surface area contributed by atoms with E-state index in [1.165, 1.54) is 24.4 Å². The molecule has 8 heteroatoms. The van der Waals surface area contributed by atoms with Gasteiger partial charge < -0.3 is 5.32 Å². The number of aryl methyl sites for hydroxylation is 1. The van der Waals surface area contributed by atoms with Crippen molar-refractivity contribution in [2.24, 2.45) is 7.05 Å². The fourth-order valence-corrected chi connectivity index (χ4v) is 3.05. The minimum absolute atomic E-state index is 0.128. The van der Waals surface area contributed by atoms with Gasteiger partial charge in [-0.05, 0) is 42.5 Å². The van der Waals surface area contributed by atoms with Gasteiger partial charge in [0.2, 0.25) is 0 Å². The molecule has 4 rings (SSSR count). The van der Waals surface area contributed by atoms with Gasteiger partial charge in [0, 0.05) is 24.4 Å². The molecule has 5 nitrogen and oxygen atoms in total. The predicted octanol–water partition coefficient (Wildman–Crippen LogP) is 4.82. The lowest BCUT2D eigenvalue weighted by atomic mass is 10.1. The zero-order valence-electron chi connectivity index (χ0n) is 15.7. The van der Waals surface area contributed by atoms with Crippen LogP contribution in [-0.4, -0.2) is 20.7 Å². The average Bonchev–Trinajstić information content (AvgIpc) is 3.10. The van der Waals surface area contributed by atoms with Crippen LogP contribution in [0.5, 0.6) is 0 Å². The zero-order valence-corrected chi connectivity index (χ0v) is 15.7. The molecule has 150 valence electrons. The standard InChI is InChI=1S/C22H15F3N4O/c1-29-19(11-18(28-29)14-5-2-3-6-15(14)23)13-9-10-20(26-12-13)27-22(30)21-16(24)7-4-8-17(21)25/h2-12H,1H3,(H,26,27,30). The number of nitrogens with one attached hydrogen (secondary N) is 1. The number of hydrogen-bond acceptors (Lipinski definition) is 3. The fourth-order valence-electron chi connectivity index (χ4n) is 3.05. The molecule has 0 spiro atoms. The van der Waals surface area contributed by atoms with Crippen molar-refractivity contribution in [2.75, 3.05) is 5.32 Å². The number of aromatic nitrogens is 3. The summed E-state index contributed by atoms with van der Waals surface area (Å²) in [6.45, 7) is 0. The molecule has 0 saturated heterocycles. The van der Waals surface area contributed by atoms with Gasteiger partial charge in [0.25, 0.3) is 5.91 Å². The van der Waals surface area contributed by atoms with Crippen molar-refractivity contribution in [3.8, 4) is 22.5 Å². The second-order valence-corrected chi connectivity index (χ2v) is 6.50. The number of amides is 1. The van der Waals surface area contributed by atoms with E-state index >= 15 is 0 Å². The van der Waals surface area contributed by atoms with Crippen molar-refractivity contribution in [1.82, 2.24) is 14.8 Å². The first kappa shape index (κ1) is 19.4. The van der Waals surface area contributed by atoms with E-state index in [0.29, 0.717) is 22.5 Å². The number of hydrogen-bond donors (Lipinski definition) is 1. The zero-order chi connectivity index (χ0) is 21.3. The quantitative estimate of drug-likeness (QED) is 0.527. The molecule has 0 aliphatic rings. The van der Waals surface area contributed by atoms with E-state index in [4.69, 9.17) is 0 Å². The normalized spacial score (nSPS) is 10.8. The number of rotatable bonds is 4. The molecular formula is C22H15F3N4O. The summed E-state index contributed by atoms with van der Waals surface area (Å²) in [6, 6.07) is 14.4. The molecule has 2 heterocycles. The first-order chi connectivity index (χ1) is 14.4. The van der Waals surface area contributed by atoms with Crippen LogP contribution in [-0.2, 0) is 7.05 Å². The number of nitrogens with zero attached hydrogens (tertiary/aromatic N) is 3. The Morgan fingerprint density at radius 1 is 0.933 bits per heavy atom. The van der Waals surface area contributed by atoms with Gasteiger partial charge in [-0.25, -0.2) is 18.2 Å². The van der Waals surface area contributed by atoms with Crippen LogP contribution in [0.4, 0.5) is 19.0 Å². The van der Waals surface area contributed by atoms with Crippen LogP contribution < -0.4 is 5.32 Å². The molecule has 1 N–H and O–H groups in total. The molecule has 0 aliphatic heterocycles. The minimum atomic E-state index is -0.959. The lowest BCUT2D eigenvalue weighted by Gasteiger charge is -2.07. The third-order valence-electron chi connectivity index (χ3n) is 4.52. The molecule has 1 amide bonds. The van der Waals surface area contributed by atoms with E-state index in [1.807, 2.05) is 0 Å². The lowest BCUT2D eigenvalue weighted by Crippen LogP contribution is -2.16. The second-order valence-electron chi connectivity index (χ2n) is 6.50. The van der Waals surface area contributed by atoms with Crippen molar-refractivity contribution in [3.63, 3.8) is 0 Å². The summed E-state index contributed by atoms with van der Waals surface area (Å²) in [7, 11) is 1.72. The molecule has 2 aromatic carbocycles. The van der Waals surface area contributed by atoms with Gasteiger partial charge in [0.05, 0.1) is 11.4 Å². The molecular weight excluding hydrogens is 393 g/mol. The van der Waals surface area contributed by atoms with Crippen molar-refractivity contribution in [2.45, 2.75) is 0 Å². The van der Waals surface area contributed by atoms with Gasteiger partial charge in [-0.15, -0.1) is 0 Å². The minimum Gasteiger partial charge on any atom is -0.306 e. The molecule has 0 bridgehead atoms. The highest BCUT2D eigenvalue weighted by molar-refractivity contribution is 6.04. The molecule has 30 heavy (non-hydrogen) atoms. The van der Waals surface area contributed by atoms with E-state index in [-0.39, 0.29) is 11.6 Å². The van der Waals surface area contributed by atoms with Crippen molar-refractivity contribution in [3.05, 3.63) is 89.9 Å². The number of pyridine rings is 1. The summed E-state index contributed by atoms with van der Waals surface area (Å²) < 4.78 is 43.1. The maximum absolute atomic E-state index is 14.0. The Balaban J connectivity index is 1.57. The van der Waals surface area contributed by atoms with Crippen LogP contribution in [0, 0.1) is 17.5 Å². The summed E-state index contributed by atoms with van der Waals surface area (Å²) in [5.41, 5.74) is 1.52. The largest absolute Gasteiger partial charge is 0.306 e. The Hall–Kier alpha value is -3.94. The third-order valence-corrected chi connectivity index (χ3v) is 4.52. The van der Waals surface area contributed by atoms with Gasteiger partial charge in [-0.1, -0.05) is 18.2 Å². The van der Waals surface area contributed by atoms with Crippen molar-refractivity contribution >= 4 is 11.7 Å². The first-order valence-electron chi connectivity index (χ1n) is 8.95. The summed E-state index contributed by atoms with van der Waals surface area (Å²) in [6.07, 6.45) is 1.48. The Bertz CT molecular complexity index is 1220. The topological polar surface area (TPSA) is 59.8 Å². The highest BCUT2D eigenvalue weighted by atomic mass is 19.1. The first-order valence-corrected chi connectivity index (χ1v) is 8.95. The maximum atomic E-state index is 14.0. The summed E-state index contributed by atoms with van der Waals surface area (Å²) in [4.78, 5) is 16.3. The molecule has 4 aromatic rings. The van der Waals surface area contributed by atoms with Crippen LogP contribution >= 0.6 is 0 Å². The number of halogens is 3. The second kappa shape index (κ2) is 7.82. The van der Waals surface area contributed by atoms with E-state index in [0.717, 1.165) is 12.1 Å². The highest BCUT2D eigenvalue weighted by Gasteiger charge is 2.18. The monoisotopic (exact) mass is 408 g/mol. The number of carbonyl (C=O) groups is 1. The molecule has 0 fully saturated rings. The third kappa shape index (κ3) is 3.67. The molecule has 0 radical (unpaired) electrons. The van der Waals surface area contributed by atoms with Gasteiger partial charge >= 0.3 is 0 Å². The van der Waals surface area contributed by atoms with Gasteiger partial charge in [0.15, 0.2) is 0 Å². The Kier molecular flexibility index (Phi) is 5.05. The van der Waals surface area contributed by atoms with E-state index in [1.54, 1.807) is 42.1 Å². The molecule has 0 unspecified atom stereocenters. The number of benzene rings is 2. The summed E-state index contributed by atoms with van der Waals surface area (Å²) >= 11 is 0. The molecule has 0 saturated carbocycles. The van der Waals surface area contributed by atoms with Gasteiger partial charge in [-0.2, -0.15) is 5.10 Å². The maximum Gasteiger partial charge on any atom is 0.262 e. The van der Waals surface area contributed by atoms with E-state index < -0.39 is 23.1 Å². The van der Waals surface area contributed by atoms with Gasteiger partial charge in [0.1, 0.15) is 28.8 Å². The van der Waals surface area contributed by atoms with Crippen LogP contribution in [0.2, 0.25) is 0 Å². The highest BCUT2D eigenvalue weighted by Crippen LogP contribution is 2.27. The summed E-state index contributed by atoms with van der Waals surface area (Å²) in [5.74, 6) is -3.10. The van der Waals surface area contributed by atoms with Crippen LogP contribution in [0.15, 0.2) is 66.9 Å². The van der Waals surface area contributed by atoms with Crippen molar-refractivity contribution < 1.29 is 18.0 Å². The molecule has 2 aromatic heterocycles. The summed E-state index contributed by atoms with van der Waals surface area (Å²) in [5, 5.41) is 6.71. The predicted molar refractivity (Wildman–Crippen MR) is 106 cm³/mol. The van der Waals surface area contributed by atoms with E-state index in [9.17, 15) is 18.0 Å².